The Balaban J connectivity index is 1.08. The van der Waals surface area contributed by atoms with Crippen LogP contribution in [-0.2, 0) is 19.4 Å². The predicted molar refractivity (Wildman–Crippen MR) is 178 cm³/mol. The number of carbonyl (C=O) groups excluding carboxylic acids is 2. The molecule has 8 nitrogen and oxygen atoms in total. The SMILES string of the molecule is COc1cc2c(cc1OC)CN(CCc1ccc(NC(=O)c3ccccc3NC(=O)c3cnc4ccccc4c3)c(C)c1)CC2. The van der Waals surface area contributed by atoms with E-state index >= 15 is 0 Å². The Morgan fingerprint density at radius 2 is 1.56 bits per heavy atom. The number of aryl methyl sites for hydroxylation is 1. The summed E-state index contributed by atoms with van der Waals surface area (Å²) >= 11 is 0. The Morgan fingerprint density at radius 3 is 2.36 bits per heavy atom. The lowest BCUT2D eigenvalue weighted by molar-refractivity contribution is 0.102. The maximum absolute atomic E-state index is 13.4. The van der Waals surface area contributed by atoms with Crippen molar-refractivity contribution in [3.8, 4) is 11.5 Å². The van der Waals surface area contributed by atoms with Crippen molar-refractivity contribution in [1.82, 2.24) is 9.88 Å². The third kappa shape index (κ3) is 6.66. The molecule has 0 bridgehead atoms. The molecule has 228 valence electrons. The van der Waals surface area contributed by atoms with Gasteiger partial charge in [0, 0.05) is 36.9 Å². The molecule has 6 rings (SSSR count). The average Bonchev–Trinajstić information content (AvgIpc) is 3.07. The number of nitrogens with one attached hydrogen (secondary N) is 2. The van der Waals surface area contributed by atoms with Crippen LogP contribution in [0.3, 0.4) is 0 Å². The zero-order valence-electron chi connectivity index (χ0n) is 25.7. The Bertz CT molecular complexity index is 1890. The fraction of sp³-hybridized carbons (Fsp3) is 0.216. The summed E-state index contributed by atoms with van der Waals surface area (Å²) in [5, 5.41) is 6.80. The van der Waals surface area contributed by atoms with Crippen LogP contribution in [0.25, 0.3) is 10.9 Å². The lowest BCUT2D eigenvalue weighted by atomic mass is 9.98. The highest BCUT2D eigenvalue weighted by atomic mass is 16.5. The van der Waals surface area contributed by atoms with E-state index in [-0.39, 0.29) is 11.8 Å². The Morgan fingerprint density at radius 1 is 0.822 bits per heavy atom. The molecule has 4 aromatic carbocycles. The molecule has 0 radical (unpaired) electrons. The minimum Gasteiger partial charge on any atom is -0.493 e. The second-order valence-corrected chi connectivity index (χ2v) is 11.3. The summed E-state index contributed by atoms with van der Waals surface area (Å²) in [7, 11) is 3.34. The monoisotopic (exact) mass is 600 g/mol. The van der Waals surface area contributed by atoms with Crippen LogP contribution >= 0.6 is 0 Å². The lowest BCUT2D eigenvalue weighted by Crippen LogP contribution is -2.32. The van der Waals surface area contributed by atoms with Crippen LogP contribution in [0.15, 0.2) is 91.1 Å². The van der Waals surface area contributed by atoms with E-state index in [0.29, 0.717) is 16.8 Å². The maximum Gasteiger partial charge on any atom is 0.257 e. The molecular formula is C37H36N4O4. The molecule has 0 fully saturated rings. The quantitative estimate of drug-likeness (QED) is 0.196. The summed E-state index contributed by atoms with van der Waals surface area (Å²) in [5.41, 5.74) is 7.55. The van der Waals surface area contributed by atoms with Crippen LogP contribution in [0.5, 0.6) is 11.5 Å². The van der Waals surface area contributed by atoms with E-state index in [0.717, 1.165) is 66.1 Å². The molecule has 0 unspecified atom stereocenters. The number of fused-ring (bicyclic) bond motifs is 2. The van der Waals surface area contributed by atoms with Gasteiger partial charge in [-0.3, -0.25) is 19.5 Å². The normalized spacial score (nSPS) is 12.8. The number of nitrogens with zero attached hydrogens (tertiary/aromatic N) is 2. The third-order valence-corrected chi connectivity index (χ3v) is 8.33. The smallest absolute Gasteiger partial charge is 0.257 e. The van der Waals surface area contributed by atoms with E-state index in [1.54, 1.807) is 50.7 Å². The number of ether oxygens (including phenoxy) is 2. The van der Waals surface area contributed by atoms with Gasteiger partial charge in [-0.2, -0.15) is 0 Å². The molecule has 5 aromatic rings. The number of para-hydroxylation sites is 2. The van der Waals surface area contributed by atoms with E-state index in [2.05, 4.69) is 44.8 Å². The van der Waals surface area contributed by atoms with Crippen LogP contribution in [0.1, 0.15) is 43.0 Å². The highest BCUT2D eigenvalue weighted by Crippen LogP contribution is 2.33. The van der Waals surface area contributed by atoms with Crippen molar-refractivity contribution in [2.75, 3.05) is 37.9 Å². The summed E-state index contributed by atoms with van der Waals surface area (Å²) < 4.78 is 11.0. The molecule has 2 amide bonds. The van der Waals surface area contributed by atoms with E-state index in [1.165, 1.54) is 16.7 Å². The van der Waals surface area contributed by atoms with Gasteiger partial charge in [0.2, 0.25) is 0 Å². The van der Waals surface area contributed by atoms with E-state index in [1.807, 2.05) is 37.3 Å². The number of rotatable bonds is 9. The molecule has 2 heterocycles. The van der Waals surface area contributed by atoms with Gasteiger partial charge in [0.1, 0.15) is 0 Å². The molecule has 0 spiro atoms. The molecule has 2 N–H and O–H groups in total. The predicted octanol–water partition coefficient (Wildman–Crippen LogP) is 6.67. The zero-order chi connectivity index (χ0) is 31.3. The number of pyridine rings is 1. The number of amides is 2. The molecule has 1 aliphatic heterocycles. The molecule has 1 aliphatic rings. The molecule has 0 atom stereocenters. The van der Waals surface area contributed by atoms with Crippen molar-refractivity contribution in [3.63, 3.8) is 0 Å². The van der Waals surface area contributed by atoms with Crippen molar-refractivity contribution in [2.45, 2.75) is 26.3 Å². The number of anilines is 2. The summed E-state index contributed by atoms with van der Waals surface area (Å²) in [6, 6.07) is 26.7. The molecule has 0 saturated carbocycles. The van der Waals surface area contributed by atoms with Gasteiger partial charge in [-0.25, -0.2) is 0 Å². The fourth-order valence-electron chi connectivity index (χ4n) is 5.81. The second kappa shape index (κ2) is 13.2. The number of aromatic nitrogens is 1. The summed E-state index contributed by atoms with van der Waals surface area (Å²) in [6.07, 6.45) is 3.42. The minimum absolute atomic E-state index is 0.294. The van der Waals surface area contributed by atoms with Gasteiger partial charge in [-0.05, 0) is 84.5 Å². The van der Waals surface area contributed by atoms with E-state index in [9.17, 15) is 9.59 Å². The average molecular weight is 601 g/mol. The Kier molecular flexibility index (Phi) is 8.75. The highest BCUT2D eigenvalue weighted by molar-refractivity contribution is 6.13. The Labute approximate surface area is 263 Å². The Hall–Kier alpha value is -5.21. The molecule has 0 saturated heterocycles. The van der Waals surface area contributed by atoms with Crippen LogP contribution in [0, 0.1) is 6.92 Å². The topological polar surface area (TPSA) is 92.8 Å². The van der Waals surface area contributed by atoms with Crippen molar-refractivity contribution in [1.29, 1.82) is 0 Å². The zero-order valence-corrected chi connectivity index (χ0v) is 25.7. The van der Waals surface area contributed by atoms with Gasteiger partial charge < -0.3 is 20.1 Å². The minimum atomic E-state index is -0.329. The van der Waals surface area contributed by atoms with E-state index < -0.39 is 0 Å². The third-order valence-electron chi connectivity index (χ3n) is 8.33. The van der Waals surface area contributed by atoms with E-state index in [4.69, 9.17) is 9.47 Å². The molecular weight excluding hydrogens is 564 g/mol. The maximum atomic E-state index is 13.4. The molecule has 1 aromatic heterocycles. The number of methoxy groups -OCH3 is 2. The van der Waals surface area contributed by atoms with Gasteiger partial charge in [0.25, 0.3) is 11.8 Å². The number of hydrogen-bond donors (Lipinski definition) is 2. The first-order valence-corrected chi connectivity index (χ1v) is 15.0. The van der Waals surface area contributed by atoms with Gasteiger partial charge in [-0.15, -0.1) is 0 Å². The summed E-state index contributed by atoms with van der Waals surface area (Å²) in [4.78, 5) is 33.3. The number of carbonyl (C=O) groups is 2. The summed E-state index contributed by atoms with van der Waals surface area (Å²) in [5.74, 6) is 0.917. The van der Waals surface area contributed by atoms with Gasteiger partial charge in [-0.1, -0.05) is 42.5 Å². The second-order valence-electron chi connectivity index (χ2n) is 11.3. The lowest BCUT2D eigenvalue weighted by Gasteiger charge is -2.29. The number of hydrogen-bond acceptors (Lipinski definition) is 6. The highest BCUT2D eigenvalue weighted by Gasteiger charge is 2.20. The standard InChI is InChI=1S/C37H36N4O4/c1-24-18-25(14-16-41-17-15-26-20-34(44-2)35(45-3)21-29(26)23-41)12-13-31(24)39-37(43)30-9-5-7-11-33(30)40-36(42)28-19-27-8-4-6-10-32(27)38-22-28/h4-13,18-22H,14-17,23H2,1-3H3,(H,39,43)(H,40,42). The summed E-state index contributed by atoms with van der Waals surface area (Å²) in [6.45, 7) is 4.79. The molecule has 45 heavy (non-hydrogen) atoms. The first-order valence-electron chi connectivity index (χ1n) is 15.0. The van der Waals surface area contributed by atoms with Gasteiger partial charge >= 0.3 is 0 Å². The van der Waals surface area contributed by atoms with Crippen molar-refractivity contribution < 1.29 is 19.1 Å². The van der Waals surface area contributed by atoms with Crippen LogP contribution in [0.4, 0.5) is 11.4 Å². The first-order chi connectivity index (χ1) is 21.9. The van der Waals surface area contributed by atoms with Crippen molar-refractivity contribution >= 4 is 34.1 Å². The fourth-order valence-corrected chi connectivity index (χ4v) is 5.81. The van der Waals surface area contributed by atoms with Gasteiger partial charge in [0.15, 0.2) is 11.5 Å². The largest absolute Gasteiger partial charge is 0.493 e. The molecule has 0 aliphatic carbocycles. The van der Waals surface area contributed by atoms with Crippen LogP contribution in [0.2, 0.25) is 0 Å². The van der Waals surface area contributed by atoms with Crippen LogP contribution < -0.4 is 20.1 Å². The van der Waals surface area contributed by atoms with Gasteiger partial charge in [0.05, 0.1) is 36.6 Å². The molecule has 8 heteroatoms. The van der Waals surface area contributed by atoms with Crippen molar-refractivity contribution in [3.05, 3.63) is 125 Å². The van der Waals surface area contributed by atoms with Crippen molar-refractivity contribution in [2.24, 2.45) is 0 Å². The number of benzene rings is 4. The van der Waals surface area contributed by atoms with Crippen LogP contribution in [-0.4, -0.2) is 49.0 Å². The first kappa shape index (κ1) is 29.8.